The summed E-state index contributed by atoms with van der Waals surface area (Å²) in [6, 6.07) is 0. The average Bonchev–Trinajstić information content (AvgIpc) is 3.26. The largest absolute Gasteiger partial charge is 0.480 e. The molecular formula is C60H131N5O9. The standard InChI is InChI=1S/C20H41NO2.C16H33NO2.C12H25NO2.C5H11NO.C4H9NO2.3CH4/c1-4-5-6-7-8-9-10-11-12-13-14-15-16-17-18-23-20(22)19-21(2)3;1-4-5-6-7-8-9-10-11-12-13-14-19-16(18)15-17(2)3;1-4-5-6-7-8-9-10-15-12(14)11-13(2)3;1-5(7)4-6(2)3;1-5(2)3-4(6)7;;;/h4-19H2,1-3H3;4-15H2,1-3H3;4-11H2,1-3H3;4H2,1-3H3;3H2,1-2H3,(H,6,7);3*1H4. The Balaban J connectivity index is -0.000000129. The van der Waals surface area contributed by atoms with E-state index in [-0.39, 0.29) is 52.5 Å². The van der Waals surface area contributed by atoms with E-state index in [2.05, 4.69) is 20.8 Å². The molecule has 0 aromatic rings. The number of carbonyl (C=O) groups excluding carboxylic acids is 4. The normalized spacial score (nSPS) is 10.3. The van der Waals surface area contributed by atoms with Crippen LogP contribution in [-0.4, -0.2) is 182 Å². The van der Waals surface area contributed by atoms with Crippen molar-refractivity contribution in [3.05, 3.63) is 0 Å². The molecule has 14 heteroatoms. The fraction of sp³-hybridized carbons (Fsp3) is 0.917. The van der Waals surface area contributed by atoms with Crippen LogP contribution in [0.2, 0.25) is 0 Å². The van der Waals surface area contributed by atoms with Gasteiger partial charge >= 0.3 is 23.9 Å². The molecule has 450 valence electrons. The van der Waals surface area contributed by atoms with Crippen molar-refractivity contribution >= 4 is 29.7 Å². The van der Waals surface area contributed by atoms with Gasteiger partial charge in [0.1, 0.15) is 5.78 Å². The van der Waals surface area contributed by atoms with Crippen molar-refractivity contribution < 1.29 is 43.3 Å². The van der Waals surface area contributed by atoms with Crippen LogP contribution in [-0.2, 0) is 38.2 Å². The van der Waals surface area contributed by atoms with Crippen molar-refractivity contribution in [1.82, 2.24) is 24.5 Å². The second-order valence-electron chi connectivity index (χ2n) is 20.5. The Hall–Kier alpha value is -2.65. The molecule has 0 aliphatic heterocycles. The lowest BCUT2D eigenvalue weighted by Crippen LogP contribution is -2.23. The predicted octanol–water partition coefficient (Wildman–Crippen LogP) is 13.7. The zero-order valence-electron chi connectivity index (χ0n) is 49.3. The maximum Gasteiger partial charge on any atom is 0.320 e. The second kappa shape index (κ2) is 72.4. The Kier molecular flexibility index (Phi) is 86.1. The fourth-order valence-corrected chi connectivity index (χ4v) is 6.95. The number of Topliss-reactive ketones (excluding diaryl/α,β-unsaturated/α-hetero) is 1. The highest BCUT2D eigenvalue weighted by Gasteiger charge is 2.06. The van der Waals surface area contributed by atoms with E-state index in [0.717, 1.165) is 19.3 Å². The van der Waals surface area contributed by atoms with Crippen molar-refractivity contribution in [1.29, 1.82) is 0 Å². The van der Waals surface area contributed by atoms with Gasteiger partial charge in [0.05, 0.1) is 52.5 Å². The number of rotatable bonds is 43. The number of nitrogens with zero attached hydrogens (tertiary/aromatic N) is 5. The number of hydrogen-bond donors (Lipinski definition) is 1. The van der Waals surface area contributed by atoms with Gasteiger partial charge in [-0.15, -0.1) is 0 Å². The monoisotopic (exact) mass is 1070 g/mol. The highest BCUT2D eigenvalue weighted by Crippen LogP contribution is 2.13. The van der Waals surface area contributed by atoms with Gasteiger partial charge in [0, 0.05) is 0 Å². The third-order valence-electron chi connectivity index (χ3n) is 10.6. The summed E-state index contributed by atoms with van der Waals surface area (Å²) in [6.07, 6.45) is 39.3. The van der Waals surface area contributed by atoms with E-state index in [1.54, 1.807) is 25.9 Å². The summed E-state index contributed by atoms with van der Waals surface area (Å²) in [5, 5.41) is 8.04. The van der Waals surface area contributed by atoms with E-state index in [0.29, 0.717) is 46.0 Å². The van der Waals surface area contributed by atoms with Gasteiger partial charge in [-0.05, 0) is 96.7 Å². The minimum Gasteiger partial charge on any atom is -0.480 e. The molecule has 0 spiro atoms. The number of aliphatic carboxylic acids is 1. The van der Waals surface area contributed by atoms with Gasteiger partial charge in [-0.1, -0.05) is 216 Å². The molecule has 0 heterocycles. The van der Waals surface area contributed by atoms with Crippen LogP contribution in [0.1, 0.15) is 243 Å². The van der Waals surface area contributed by atoms with E-state index >= 15 is 0 Å². The highest BCUT2D eigenvalue weighted by atomic mass is 16.5. The lowest BCUT2D eigenvalue weighted by molar-refractivity contribution is -0.145. The summed E-state index contributed by atoms with van der Waals surface area (Å²) >= 11 is 0. The molecule has 1 N–H and O–H groups in total. The van der Waals surface area contributed by atoms with Gasteiger partial charge in [0.25, 0.3) is 0 Å². The first-order valence-corrected chi connectivity index (χ1v) is 28.2. The van der Waals surface area contributed by atoms with Gasteiger partial charge in [0.2, 0.25) is 0 Å². The predicted molar refractivity (Wildman–Crippen MR) is 320 cm³/mol. The molecule has 0 aromatic carbocycles. The molecule has 0 fully saturated rings. The van der Waals surface area contributed by atoms with E-state index in [1.807, 2.05) is 76.0 Å². The molecule has 74 heavy (non-hydrogen) atoms. The minimum atomic E-state index is -0.787. The van der Waals surface area contributed by atoms with Gasteiger partial charge in [-0.25, -0.2) is 0 Å². The van der Waals surface area contributed by atoms with Crippen LogP contribution in [0, 0.1) is 0 Å². The van der Waals surface area contributed by atoms with Crippen LogP contribution in [0.25, 0.3) is 0 Å². The number of carboxylic acids is 1. The summed E-state index contributed by atoms with van der Waals surface area (Å²) in [5.41, 5.74) is 0. The quantitative estimate of drug-likeness (QED) is 0.0350. The zero-order chi connectivity index (χ0) is 54.8. The Bertz CT molecular complexity index is 1120. The van der Waals surface area contributed by atoms with Crippen LogP contribution in [0.3, 0.4) is 0 Å². The Morgan fingerprint density at radius 1 is 0.297 bits per heavy atom. The second-order valence-corrected chi connectivity index (χ2v) is 20.5. The average molecular weight is 1070 g/mol. The molecule has 0 aliphatic rings. The molecule has 0 atom stereocenters. The molecule has 0 saturated heterocycles. The molecule has 0 aromatic heterocycles. The molecular weight excluding hydrogens is 935 g/mol. The van der Waals surface area contributed by atoms with Crippen molar-refractivity contribution in [2.24, 2.45) is 0 Å². The topological polar surface area (TPSA) is 149 Å². The third-order valence-corrected chi connectivity index (χ3v) is 10.6. The Labute approximate surface area is 461 Å². The molecule has 0 saturated carbocycles. The molecule has 0 aliphatic carbocycles. The van der Waals surface area contributed by atoms with Gasteiger partial charge in [-0.3, -0.25) is 43.6 Å². The number of likely N-dealkylation sites (N-methyl/N-ethyl adjacent to an activating group) is 5. The number of carbonyl (C=O) groups is 5. The first kappa shape index (κ1) is 88.0. The lowest BCUT2D eigenvalue weighted by Gasteiger charge is -2.09. The molecule has 0 amide bonds. The summed E-state index contributed by atoms with van der Waals surface area (Å²) < 4.78 is 15.4. The number of hydrogen-bond acceptors (Lipinski definition) is 13. The van der Waals surface area contributed by atoms with Crippen molar-refractivity contribution in [3.63, 3.8) is 0 Å². The summed E-state index contributed by atoms with van der Waals surface area (Å²) in [4.78, 5) is 62.6. The van der Waals surface area contributed by atoms with Crippen molar-refractivity contribution in [3.8, 4) is 0 Å². The summed E-state index contributed by atoms with van der Waals surface area (Å²) in [7, 11) is 18.4. The number of unbranched alkanes of at least 4 members (excludes halogenated alkanes) is 27. The van der Waals surface area contributed by atoms with Crippen molar-refractivity contribution in [2.75, 3.05) is 123 Å². The number of carboxylic acid groups (broad SMARTS) is 1. The SMILES string of the molecule is C.C.C.CC(=O)CN(C)C.CCCCCCCCCCCCCCCCOC(=O)CN(C)C.CCCCCCCCCCCCOC(=O)CN(C)C.CCCCCCCCOC(=O)CN(C)C.CN(C)CC(=O)O. The van der Waals surface area contributed by atoms with Crippen LogP contribution in [0.5, 0.6) is 0 Å². The maximum absolute atomic E-state index is 11.3. The van der Waals surface area contributed by atoms with Crippen LogP contribution < -0.4 is 0 Å². The van der Waals surface area contributed by atoms with Crippen LogP contribution in [0.4, 0.5) is 0 Å². The van der Waals surface area contributed by atoms with E-state index < -0.39 is 5.97 Å². The van der Waals surface area contributed by atoms with Gasteiger partial charge < -0.3 is 24.2 Å². The van der Waals surface area contributed by atoms with Crippen LogP contribution >= 0.6 is 0 Å². The van der Waals surface area contributed by atoms with E-state index in [1.165, 1.54) is 173 Å². The van der Waals surface area contributed by atoms with E-state index in [4.69, 9.17) is 19.3 Å². The smallest absolute Gasteiger partial charge is 0.320 e. The number of esters is 3. The highest BCUT2D eigenvalue weighted by molar-refractivity contribution is 5.77. The molecule has 0 unspecified atom stereocenters. The Morgan fingerprint density at radius 3 is 0.595 bits per heavy atom. The van der Waals surface area contributed by atoms with E-state index in [9.17, 15) is 24.0 Å². The van der Waals surface area contributed by atoms with Gasteiger partial charge in [0.15, 0.2) is 0 Å². The van der Waals surface area contributed by atoms with Crippen molar-refractivity contribution in [2.45, 2.75) is 243 Å². The molecule has 0 bridgehead atoms. The molecule has 14 nitrogen and oxygen atoms in total. The zero-order valence-corrected chi connectivity index (χ0v) is 49.3. The fourth-order valence-electron chi connectivity index (χ4n) is 6.95. The maximum atomic E-state index is 11.3. The summed E-state index contributed by atoms with van der Waals surface area (Å²) in [5.74, 6) is -0.908. The number of ketones is 1. The Morgan fingerprint density at radius 2 is 0.473 bits per heavy atom. The molecule has 0 rings (SSSR count). The molecule has 0 radical (unpaired) electrons. The first-order valence-electron chi connectivity index (χ1n) is 28.2. The first-order chi connectivity index (χ1) is 33.7. The summed E-state index contributed by atoms with van der Waals surface area (Å²) in [6.45, 7) is 11.9. The number of ether oxygens (including phenoxy) is 3. The van der Waals surface area contributed by atoms with Gasteiger partial charge in [-0.2, -0.15) is 0 Å². The minimum absolute atomic E-state index is 0. The third kappa shape index (κ3) is 102. The van der Waals surface area contributed by atoms with Crippen LogP contribution in [0.15, 0.2) is 0 Å². The lowest BCUT2D eigenvalue weighted by atomic mass is 10.0.